The first-order chi connectivity index (χ1) is 7.76. The third-order valence-corrected chi connectivity index (χ3v) is 3.39. The fraction of sp³-hybridized carbons (Fsp3) is 0.917. The monoisotopic (exact) mass is 225 g/mol. The number of hydrogen-bond acceptors (Lipinski definition) is 4. The van der Waals surface area contributed by atoms with Crippen molar-refractivity contribution in [1.82, 2.24) is 10.2 Å². The van der Waals surface area contributed by atoms with Gasteiger partial charge in [0.25, 0.3) is 0 Å². The van der Waals surface area contributed by atoms with Gasteiger partial charge in [0.2, 0.25) is 0 Å². The molecule has 0 aromatic rings. The highest BCUT2D eigenvalue weighted by molar-refractivity contribution is 5.08. The van der Waals surface area contributed by atoms with Crippen LogP contribution < -0.4 is 5.32 Å². The first-order valence-electron chi connectivity index (χ1n) is 6.26. The third-order valence-electron chi connectivity index (χ3n) is 3.39. The summed E-state index contributed by atoms with van der Waals surface area (Å²) in [6, 6.07) is 2.44. The second kappa shape index (κ2) is 6.85. The summed E-state index contributed by atoms with van der Waals surface area (Å²) in [5, 5.41) is 21.4. The second-order valence-corrected chi connectivity index (χ2v) is 4.49. The zero-order valence-electron chi connectivity index (χ0n) is 10.2. The Morgan fingerprint density at radius 3 is 2.88 bits per heavy atom. The van der Waals surface area contributed by atoms with E-state index in [0.717, 1.165) is 51.9 Å². The molecular weight excluding hydrogens is 202 g/mol. The lowest BCUT2D eigenvalue weighted by Crippen LogP contribution is -2.45. The molecule has 1 fully saturated rings. The number of aliphatic hydroxyl groups excluding tert-OH is 1. The van der Waals surface area contributed by atoms with Gasteiger partial charge in [-0.3, -0.25) is 5.32 Å². The van der Waals surface area contributed by atoms with Gasteiger partial charge in [-0.2, -0.15) is 5.26 Å². The van der Waals surface area contributed by atoms with Crippen LogP contribution >= 0.6 is 0 Å². The van der Waals surface area contributed by atoms with E-state index in [0.29, 0.717) is 0 Å². The summed E-state index contributed by atoms with van der Waals surface area (Å²) >= 11 is 0. The van der Waals surface area contributed by atoms with Crippen LogP contribution in [0.4, 0.5) is 0 Å². The maximum absolute atomic E-state index is 9.33. The van der Waals surface area contributed by atoms with Crippen molar-refractivity contribution in [1.29, 1.82) is 5.26 Å². The predicted octanol–water partition coefficient (Wildman–Crippen LogP) is 0.727. The van der Waals surface area contributed by atoms with Gasteiger partial charge in [-0.25, -0.2) is 0 Å². The van der Waals surface area contributed by atoms with E-state index in [4.69, 9.17) is 5.11 Å². The molecule has 1 saturated heterocycles. The van der Waals surface area contributed by atoms with Gasteiger partial charge in [-0.05, 0) is 45.3 Å². The number of nitrogens with one attached hydrogen (secondary N) is 1. The first kappa shape index (κ1) is 13.4. The van der Waals surface area contributed by atoms with Gasteiger partial charge < -0.3 is 10.0 Å². The zero-order chi connectivity index (χ0) is 11.9. The van der Waals surface area contributed by atoms with E-state index in [-0.39, 0.29) is 12.1 Å². The molecule has 2 N–H and O–H groups in total. The first-order valence-corrected chi connectivity index (χ1v) is 6.26. The number of nitriles is 1. The van der Waals surface area contributed by atoms with Crippen molar-refractivity contribution < 1.29 is 5.11 Å². The summed E-state index contributed by atoms with van der Waals surface area (Å²) in [6.07, 6.45) is 3.61. The van der Waals surface area contributed by atoms with Gasteiger partial charge in [-0.15, -0.1) is 0 Å². The third kappa shape index (κ3) is 3.75. The van der Waals surface area contributed by atoms with Gasteiger partial charge in [0.15, 0.2) is 0 Å². The SMILES string of the molecule is CCN1CCCC(C#N)(NCCCO)CC1. The van der Waals surface area contributed by atoms with Crippen LogP contribution in [0, 0.1) is 11.3 Å². The van der Waals surface area contributed by atoms with E-state index in [9.17, 15) is 5.26 Å². The molecule has 4 nitrogen and oxygen atoms in total. The number of aliphatic hydroxyl groups is 1. The highest BCUT2D eigenvalue weighted by Crippen LogP contribution is 2.21. The average Bonchev–Trinajstić information content (AvgIpc) is 2.52. The molecule has 0 bridgehead atoms. The van der Waals surface area contributed by atoms with Crippen molar-refractivity contribution in [3.05, 3.63) is 0 Å². The highest BCUT2D eigenvalue weighted by atomic mass is 16.3. The summed E-state index contributed by atoms with van der Waals surface area (Å²) < 4.78 is 0. The minimum Gasteiger partial charge on any atom is -0.396 e. The number of nitrogens with zero attached hydrogens (tertiary/aromatic N) is 2. The molecule has 1 aliphatic rings. The Hall–Kier alpha value is -0.630. The maximum atomic E-state index is 9.33. The van der Waals surface area contributed by atoms with Crippen LogP contribution in [0.3, 0.4) is 0 Å². The Balaban J connectivity index is 2.48. The molecule has 0 aromatic carbocycles. The minimum atomic E-state index is -0.362. The van der Waals surface area contributed by atoms with E-state index >= 15 is 0 Å². The molecule has 16 heavy (non-hydrogen) atoms. The summed E-state index contributed by atoms with van der Waals surface area (Å²) in [4.78, 5) is 2.40. The van der Waals surface area contributed by atoms with Crippen LogP contribution in [-0.2, 0) is 0 Å². The number of likely N-dealkylation sites (tertiary alicyclic amines) is 1. The van der Waals surface area contributed by atoms with Crippen LogP contribution in [0.2, 0.25) is 0 Å². The summed E-state index contributed by atoms with van der Waals surface area (Å²) in [5.41, 5.74) is -0.362. The molecule has 4 heteroatoms. The lowest BCUT2D eigenvalue weighted by atomic mass is 9.92. The summed E-state index contributed by atoms with van der Waals surface area (Å²) in [6.45, 7) is 6.25. The molecule has 0 saturated carbocycles. The van der Waals surface area contributed by atoms with E-state index in [1.807, 2.05) is 0 Å². The standard InChI is InChI=1S/C12H23N3O/c1-2-15-8-3-5-12(11-13,6-9-15)14-7-4-10-16/h14,16H,2-10H2,1H3. The molecule has 0 spiro atoms. The van der Waals surface area contributed by atoms with E-state index in [2.05, 4.69) is 23.2 Å². The molecule has 0 radical (unpaired) electrons. The van der Waals surface area contributed by atoms with Gasteiger partial charge >= 0.3 is 0 Å². The Morgan fingerprint density at radius 1 is 1.44 bits per heavy atom. The Bertz CT molecular complexity index is 239. The van der Waals surface area contributed by atoms with Crippen LogP contribution in [0.5, 0.6) is 0 Å². The van der Waals surface area contributed by atoms with Crippen LogP contribution in [-0.4, -0.2) is 48.3 Å². The van der Waals surface area contributed by atoms with Crippen LogP contribution in [0.25, 0.3) is 0 Å². The van der Waals surface area contributed by atoms with Crippen molar-refractivity contribution in [3.63, 3.8) is 0 Å². The van der Waals surface area contributed by atoms with Gasteiger partial charge in [0.05, 0.1) is 6.07 Å². The molecule has 1 aliphatic heterocycles. The smallest absolute Gasteiger partial charge is 0.108 e. The van der Waals surface area contributed by atoms with Crippen molar-refractivity contribution in [2.75, 3.05) is 32.8 Å². The Morgan fingerprint density at radius 2 is 2.25 bits per heavy atom. The molecule has 0 amide bonds. The van der Waals surface area contributed by atoms with Crippen LogP contribution in [0.1, 0.15) is 32.6 Å². The van der Waals surface area contributed by atoms with E-state index in [1.165, 1.54) is 0 Å². The largest absolute Gasteiger partial charge is 0.396 e. The molecule has 1 atom stereocenters. The van der Waals surface area contributed by atoms with Crippen molar-refractivity contribution in [2.45, 2.75) is 38.1 Å². The minimum absolute atomic E-state index is 0.190. The quantitative estimate of drug-likeness (QED) is 0.677. The Labute approximate surface area is 98.2 Å². The second-order valence-electron chi connectivity index (χ2n) is 4.49. The van der Waals surface area contributed by atoms with Crippen molar-refractivity contribution >= 4 is 0 Å². The normalized spacial score (nSPS) is 27.3. The zero-order valence-corrected chi connectivity index (χ0v) is 10.2. The number of hydrogen-bond donors (Lipinski definition) is 2. The summed E-state index contributed by atoms with van der Waals surface area (Å²) in [5.74, 6) is 0. The van der Waals surface area contributed by atoms with E-state index in [1.54, 1.807) is 0 Å². The average molecular weight is 225 g/mol. The molecule has 92 valence electrons. The van der Waals surface area contributed by atoms with Gasteiger partial charge in [0.1, 0.15) is 5.54 Å². The lowest BCUT2D eigenvalue weighted by Gasteiger charge is -2.26. The fourth-order valence-corrected chi connectivity index (χ4v) is 2.24. The lowest BCUT2D eigenvalue weighted by molar-refractivity contribution is 0.268. The summed E-state index contributed by atoms with van der Waals surface area (Å²) in [7, 11) is 0. The maximum Gasteiger partial charge on any atom is 0.108 e. The van der Waals surface area contributed by atoms with Gasteiger partial charge in [-0.1, -0.05) is 6.92 Å². The van der Waals surface area contributed by atoms with E-state index < -0.39 is 0 Å². The van der Waals surface area contributed by atoms with Crippen molar-refractivity contribution in [3.8, 4) is 6.07 Å². The molecule has 0 aliphatic carbocycles. The number of rotatable bonds is 5. The van der Waals surface area contributed by atoms with Crippen LogP contribution in [0.15, 0.2) is 0 Å². The fourth-order valence-electron chi connectivity index (χ4n) is 2.24. The molecule has 1 unspecified atom stereocenters. The molecule has 1 heterocycles. The highest BCUT2D eigenvalue weighted by Gasteiger charge is 2.31. The van der Waals surface area contributed by atoms with Crippen molar-refractivity contribution in [2.24, 2.45) is 0 Å². The molecular formula is C12H23N3O. The molecule has 1 rings (SSSR count). The molecule has 0 aromatic heterocycles. The topological polar surface area (TPSA) is 59.3 Å². The van der Waals surface area contributed by atoms with Gasteiger partial charge in [0, 0.05) is 13.2 Å². The Kier molecular flexibility index (Phi) is 5.75. The predicted molar refractivity (Wildman–Crippen MR) is 64.0 cm³/mol.